The normalized spacial score (nSPS) is 12.6. The highest BCUT2D eigenvalue weighted by Crippen LogP contribution is 2.26. The van der Waals surface area contributed by atoms with E-state index in [1.54, 1.807) is 13.0 Å². The van der Waals surface area contributed by atoms with Crippen LogP contribution in [0.4, 0.5) is 8.78 Å². The van der Waals surface area contributed by atoms with Gasteiger partial charge in [0.25, 0.3) is 0 Å². The molecule has 94 valence electrons. The van der Waals surface area contributed by atoms with Gasteiger partial charge in [0.1, 0.15) is 5.75 Å². The maximum Gasteiger partial charge on any atom is 0.387 e. The van der Waals surface area contributed by atoms with Gasteiger partial charge in [0.15, 0.2) is 5.78 Å². The van der Waals surface area contributed by atoms with Crippen LogP contribution in [0.15, 0.2) is 18.2 Å². The number of hydrogen-bond acceptors (Lipinski definition) is 2. The second-order valence-electron chi connectivity index (χ2n) is 3.32. The van der Waals surface area contributed by atoms with E-state index in [2.05, 4.69) is 36.6 Å². The lowest BCUT2D eigenvalue weighted by Gasteiger charge is -2.12. The second-order valence-corrected chi connectivity index (χ2v) is 5.26. The van der Waals surface area contributed by atoms with Crippen molar-refractivity contribution in [2.75, 3.05) is 0 Å². The third-order valence-corrected chi connectivity index (χ3v) is 3.11. The molecule has 1 aromatic carbocycles. The summed E-state index contributed by atoms with van der Waals surface area (Å²) in [5.74, 6) is -0.380. The molecule has 0 bridgehead atoms. The van der Waals surface area contributed by atoms with Crippen molar-refractivity contribution in [3.63, 3.8) is 0 Å². The van der Waals surface area contributed by atoms with Gasteiger partial charge in [-0.2, -0.15) is 8.78 Å². The molecule has 1 unspecified atom stereocenters. The second kappa shape index (κ2) is 6.44. The Hall–Kier alpha value is -0.490. The zero-order valence-electron chi connectivity index (χ0n) is 8.92. The minimum atomic E-state index is -2.95. The summed E-state index contributed by atoms with van der Waals surface area (Å²) in [6, 6.07) is 4.62. The van der Waals surface area contributed by atoms with Gasteiger partial charge in [0.2, 0.25) is 0 Å². The Morgan fingerprint density at radius 1 is 1.47 bits per heavy atom. The summed E-state index contributed by atoms with van der Waals surface area (Å²) < 4.78 is 28.9. The molecule has 0 saturated carbocycles. The van der Waals surface area contributed by atoms with Crippen LogP contribution in [0.2, 0.25) is 0 Å². The Morgan fingerprint density at radius 3 is 2.59 bits per heavy atom. The lowest BCUT2D eigenvalue weighted by molar-refractivity contribution is -0.0501. The average molecular weight is 372 g/mol. The van der Waals surface area contributed by atoms with Crippen molar-refractivity contribution in [1.82, 2.24) is 0 Å². The predicted octanol–water partition coefficient (Wildman–Crippen LogP) is 4.15. The van der Waals surface area contributed by atoms with Crippen LogP contribution in [-0.2, 0) is 5.33 Å². The van der Waals surface area contributed by atoms with Gasteiger partial charge in [-0.15, -0.1) is 0 Å². The van der Waals surface area contributed by atoms with Gasteiger partial charge in [-0.3, -0.25) is 4.79 Å². The third-order valence-electron chi connectivity index (χ3n) is 2.04. The first kappa shape index (κ1) is 14.6. The van der Waals surface area contributed by atoms with Crippen molar-refractivity contribution in [3.05, 3.63) is 29.3 Å². The van der Waals surface area contributed by atoms with E-state index in [0.29, 0.717) is 5.33 Å². The summed E-state index contributed by atoms with van der Waals surface area (Å²) in [5, 5.41) is 0.505. The standard InChI is InChI=1S/C11H10Br2F2O2/c1-6(13)10(16)8-3-2-7(5-12)4-9(8)17-11(14)15/h2-4,6,11H,5H2,1H3. The van der Waals surface area contributed by atoms with E-state index in [1.807, 2.05) is 0 Å². The molecule has 1 rings (SSSR count). The highest BCUT2D eigenvalue weighted by molar-refractivity contribution is 9.10. The molecule has 0 N–H and O–H groups in total. The summed E-state index contributed by atoms with van der Waals surface area (Å²) in [7, 11) is 0. The van der Waals surface area contributed by atoms with Crippen LogP contribution in [0.25, 0.3) is 0 Å². The summed E-state index contributed by atoms with van der Waals surface area (Å²) >= 11 is 6.32. The number of carbonyl (C=O) groups excluding carboxylic acids is 1. The number of ether oxygens (including phenoxy) is 1. The molecule has 17 heavy (non-hydrogen) atoms. The fourth-order valence-corrected chi connectivity index (χ4v) is 1.86. The number of rotatable bonds is 5. The third kappa shape index (κ3) is 4.03. The maximum atomic E-state index is 12.2. The number of benzene rings is 1. The van der Waals surface area contributed by atoms with Crippen LogP contribution in [-0.4, -0.2) is 17.2 Å². The number of halogens is 4. The molecule has 0 aromatic heterocycles. The van der Waals surface area contributed by atoms with Crippen LogP contribution in [0.5, 0.6) is 5.75 Å². The van der Waals surface area contributed by atoms with Crippen molar-refractivity contribution in [1.29, 1.82) is 0 Å². The largest absolute Gasteiger partial charge is 0.434 e. The molecule has 0 aliphatic heterocycles. The quantitative estimate of drug-likeness (QED) is 0.574. The van der Waals surface area contributed by atoms with E-state index in [4.69, 9.17) is 0 Å². The fourth-order valence-electron chi connectivity index (χ4n) is 1.26. The molecule has 0 amide bonds. The summed E-state index contributed by atoms with van der Waals surface area (Å²) in [6.07, 6.45) is 0. The number of Topliss-reactive ketones (excluding diaryl/α,β-unsaturated/α-hetero) is 1. The summed E-state index contributed by atoms with van der Waals surface area (Å²) in [5.41, 5.74) is 0.916. The van der Waals surface area contributed by atoms with Crippen LogP contribution in [0.1, 0.15) is 22.8 Å². The van der Waals surface area contributed by atoms with E-state index in [9.17, 15) is 13.6 Å². The highest BCUT2D eigenvalue weighted by atomic mass is 79.9. The van der Waals surface area contributed by atoms with Gasteiger partial charge in [0, 0.05) is 5.33 Å². The Bertz CT molecular complexity index is 408. The van der Waals surface area contributed by atoms with Crippen molar-refractivity contribution >= 4 is 37.6 Å². The van der Waals surface area contributed by atoms with Gasteiger partial charge in [-0.1, -0.05) is 37.9 Å². The molecule has 2 nitrogen and oxygen atoms in total. The zero-order chi connectivity index (χ0) is 13.0. The summed E-state index contributed by atoms with van der Waals surface area (Å²) in [6.45, 7) is -1.31. The van der Waals surface area contributed by atoms with Crippen molar-refractivity contribution < 1.29 is 18.3 Å². The number of ketones is 1. The first-order chi connectivity index (χ1) is 7.95. The van der Waals surface area contributed by atoms with Crippen LogP contribution < -0.4 is 4.74 Å². The number of hydrogen-bond donors (Lipinski definition) is 0. The minimum Gasteiger partial charge on any atom is -0.434 e. The molecule has 0 fully saturated rings. The van der Waals surface area contributed by atoms with E-state index in [-0.39, 0.29) is 17.1 Å². The van der Waals surface area contributed by atoms with Gasteiger partial charge in [0.05, 0.1) is 10.4 Å². The molecule has 0 spiro atoms. The highest BCUT2D eigenvalue weighted by Gasteiger charge is 2.19. The Balaban J connectivity index is 3.14. The Kier molecular flexibility index (Phi) is 5.52. The topological polar surface area (TPSA) is 26.3 Å². The molecule has 0 radical (unpaired) electrons. The van der Waals surface area contributed by atoms with Gasteiger partial charge in [-0.25, -0.2) is 0 Å². The SMILES string of the molecule is CC(Br)C(=O)c1ccc(CBr)cc1OC(F)F. The molecule has 0 aliphatic carbocycles. The van der Waals surface area contributed by atoms with E-state index in [1.165, 1.54) is 12.1 Å². The summed E-state index contributed by atoms with van der Waals surface area (Å²) in [4.78, 5) is 11.3. The van der Waals surface area contributed by atoms with E-state index < -0.39 is 11.4 Å². The molecule has 1 atom stereocenters. The lowest BCUT2D eigenvalue weighted by Crippen LogP contribution is -2.14. The fraction of sp³-hybridized carbons (Fsp3) is 0.364. The molecule has 0 saturated heterocycles. The maximum absolute atomic E-state index is 12.2. The van der Waals surface area contributed by atoms with Crippen molar-refractivity contribution in [2.24, 2.45) is 0 Å². The number of alkyl halides is 4. The molecule has 0 aliphatic rings. The van der Waals surface area contributed by atoms with Crippen LogP contribution in [0, 0.1) is 0 Å². The average Bonchev–Trinajstić information content (AvgIpc) is 2.27. The monoisotopic (exact) mass is 370 g/mol. The molecular formula is C11H10Br2F2O2. The van der Waals surface area contributed by atoms with Crippen LogP contribution in [0.3, 0.4) is 0 Å². The first-order valence-electron chi connectivity index (χ1n) is 4.77. The number of carbonyl (C=O) groups is 1. The Labute approximate surface area is 115 Å². The molecule has 6 heteroatoms. The molecular weight excluding hydrogens is 362 g/mol. The van der Waals surface area contributed by atoms with E-state index in [0.717, 1.165) is 5.56 Å². The van der Waals surface area contributed by atoms with E-state index >= 15 is 0 Å². The minimum absolute atomic E-state index is 0.0896. The molecule has 1 aromatic rings. The molecule has 0 heterocycles. The lowest BCUT2D eigenvalue weighted by atomic mass is 10.1. The van der Waals surface area contributed by atoms with Crippen molar-refractivity contribution in [2.45, 2.75) is 23.7 Å². The smallest absolute Gasteiger partial charge is 0.387 e. The zero-order valence-corrected chi connectivity index (χ0v) is 12.1. The van der Waals surface area contributed by atoms with Crippen molar-refractivity contribution in [3.8, 4) is 5.75 Å². The van der Waals surface area contributed by atoms with Crippen LogP contribution >= 0.6 is 31.9 Å². The first-order valence-corrected chi connectivity index (χ1v) is 6.81. The van der Waals surface area contributed by atoms with Gasteiger partial charge >= 0.3 is 6.61 Å². The predicted molar refractivity (Wildman–Crippen MR) is 68.4 cm³/mol. The van der Waals surface area contributed by atoms with Gasteiger partial charge in [-0.05, 0) is 24.6 Å². The van der Waals surface area contributed by atoms with Gasteiger partial charge < -0.3 is 4.74 Å². The Morgan fingerprint density at radius 2 is 2.12 bits per heavy atom.